The summed E-state index contributed by atoms with van der Waals surface area (Å²) in [6.45, 7) is 4.47. The zero-order valence-corrected chi connectivity index (χ0v) is 15.1. The number of ether oxygens (including phenoxy) is 1. The molecule has 0 spiro atoms. The fourth-order valence-electron chi connectivity index (χ4n) is 5.35. The van der Waals surface area contributed by atoms with Crippen LogP contribution in [-0.4, -0.2) is 23.1 Å². The van der Waals surface area contributed by atoms with E-state index in [1.807, 2.05) is 0 Å². The van der Waals surface area contributed by atoms with Crippen LogP contribution in [0.3, 0.4) is 0 Å². The first kappa shape index (κ1) is 16.7. The fourth-order valence-corrected chi connectivity index (χ4v) is 6.13. The molecule has 0 amide bonds. The van der Waals surface area contributed by atoms with E-state index >= 15 is 0 Å². The van der Waals surface area contributed by atoms with Crippen molar-refractivity contribution in [3.05, 3.63) is 0 Å². The predicted octanol–water partition coefficient (Wildman–Crippen LogP) is 5.06. The number of esters is 1. The van der Waals surface area contributed by atoms with E-state index in [1.54, 1.807) is 11.8 Å². The summed E-state index contributed by atoms with van der Waals surface area (Å²) < 4.78 is 6.08. The molecule has 0 aromatic heterocycles. The molecule has 0 aliphatic heterocycles. The Morgan fingerprint density at radius 2 is 1.68 bits per heavy atom. The first-order valence-electron chi connectivity index (χ1n) is 9.41. The first-order chi connectivity index (χ1) is 10.6. The summed E-state index contributed by atoms with van der Waals surface area (Å²) in [5.41, 5.74) is -0.146. The van der Waals surface area contributed by atoms with Crippen molar-refractivity contribution in [1.29, 1.82) is 0 Å². The van der Waals surface area contributed by atoms with Crippen LogP contribution in [0.25, 0.3) is 0 Å². The fraction of sp³-hybridized carbons (Fsp3) is 0.947. The molecule has 4 aliphatic carbocycles. The van der Waals surface area contributed by atoms with Crippen molar-refractivity contribution < 1.29 is 9.53 Å². The van der Waals surface area contributed by atoms with E-state index in [2.05, 4.69) is 13.8 Å². The maximum atomic E-state index is 12.3. The molecule has 4 saturated carbocycles. The van der Waals surface area contributed by atoms with E-state index in [-0.39, 0.29) is 11.6 Å². The van der Waals surface area contributed by atoms with Gasteiger partial charge < -0.3 is 4.74 Å². The lowest BCUT2D eigenvalue weighted by Gasteiger charge is -2.59. The topological polar surface area (TPSA) is 26.3 Å². The third-order valence-electron chi connectivity index (χ3n) is 6.46. The molecule has 2 nitrogen and oxygen atoms in total. The normalized spacial score (nSPS) is 39.2. The Labute approximate surface area is 140 Å². The van der Waals surface area contributed by atoms with Gasteiger partial charge in [0.15, 0.2) is 0 Å². The van der Waals surface area contributed by atoms with E-state index in [0.29, 0.717) is 17.6 Å². The van der Waals surface area contributed by atoms with E-state index < -0.39 is 0 Å². The van der Waals surface area contributed by atoms with Crippen LogP contribution in [0.4, 0.5) is 0 Å². The van der Waals surface area contributed by atoms with Gasteiger partial charge >= 0.3 is 5.97 Å². The number of carbonyl (C=O) groups is 1. The lowest BCUT2D eigenvalue weighted by atomic mass is 9.50. The van der Waals surface area contributed by atoms with E-state index in [9.17, 15) is 4.79 Å². The molecule has 3 heteroatoms. The van der Waals surface area contributed by atoms with Gasteiger partial charge in [-0.3, -0.25) is 4.79 Å². The summed E-state index contributed by atoms with van der Waals surface area (Å²) in [6, 6.07) is 0. The number of unbranched alkanes of at least 4 members (excludes halogenated alkanes) is 3. The minimum Gasteiger partial charge on any atom is -0.458 e. The number of carbonyl (C=O) groups excluding carboxylic acids is 1. The minimum absolute atomic E-state index is 0.0375. The van der Waals surface area contributed by atoms with Crippen LogP contribution in [0.15, 0.2) is 0 Å². The van der Waals surface area contributed by atoms with E-state index in [0.717, 1.165) is 17.6 Å². The summed E-state index contributed by atoms with van der Waals surface area (Å²) in [4.78, 5) is 12.3. The molecule has 0 heterocycles. The SMILES string of the molecule is CCCCCCSCC(=O)OC1(C)C2CC3CC(C2)CC1C3. The smallest absolute Gasteiger partial charge is 0.316 e. The summed E-state index contributed by atoms with van der Waals surface area (Å²) in [6.07, 6.45) is 11.8. The van der Waals surface area contributed by atoms with Crippen molar-refractivity contribution in [2.24, 2.45) is 23.7 Å². The van der Waals surface area contributed by atoms with Crippen LogP contribution in [0.2, 0.25) is 0 Å². The predicted molar refractivity (Wildman–Crippen MR) is 93.0 cm³/mol. The number of hydrogen-bond donors (Lipinski definition) is 0. The van der Waals surface area contributed by atoms with E-state index in [1.165, 1.54) is 57.8 Å². The van der Waals surface area contributed by atoms with Crippen LogP contribution in [0, 0.1) is 23.7 Å². The minimum atomic E-state index is -0.146. The Bertz CT molecular complexity index is 365. The standard InChI is InChI=1S/C19H32O2S/c1-3-4-5-6-7-22-13-18(20)21-19(2)16-9-14-8-15(11-16)12-17(19)10-14/h14-17H,3-13H2,1-2H3. The Morgan fingerprint density at radius 1 is 1.05 bits per heavy atom. The Morgan fingerprint density at radius 3 is 2.27 bits per heavy atom. The van der Waals surface area contributed by atoms with Gasteiger partial charge in [-0.05, 0) is 74.9 Å². The molecular weight excluding hydrogens is 292 g/mol. The van der Waals surface area contributed by atoms with Gasteiger partial charge in [0.05, 0.1) is 5.75 Å². The van der Waals surface area contributed by atoms with Gasteiger partial charge in [-0.1, -0.05) is 26.2 Å². The van der Waals surface area contributed by atoms with Gasteiger partial charge in [0.2, 0.25) is 0 Å². The zero-order chi connectivity index (χ0) is 15.6. The lowest BCUT2D eigenvalue weighted by molar-refractivity contribution is -0.200. The van der Waals surface area contributed by atoms with Crippen molar-refractivity contribution in [2.45, 2.75) is 77.2 Å². The van der Waals surface area contributed by atoms with Crippen molar-refractivity contribution >= 4 is 17.7 Å². The number of rotatable bonds is 8. The van der Waals surface area contributed by atoms with Crippen LogP contribution in [0.5, 0.6) is 0 Å². The molecular formula is C19H32O2S. The molecule has 0 unspecified atom stereocenters. The van der Waals surface area contributed by atoms with Gasteiger partial charge in [0, 0.05) is 0 Å². The second-order valence-electron chi connectivity index (χ2n) is 8.08. The molecule has 4 aliphatic rings. The van der Waals surface area contributed by atoms with Gasteiger partial charge in [-0.25, -0.2) is 0 Å². The highest BCUT2D eigenvalue weighted by Gasteiger charge is 2.56. The van der Waals surface area contributed by atoms with Crippen molar-refractivity contribution in [2.75, 3.05) is 11.5 Å². The molecule has 0 aromatic rings. The molecule has 0 atom stereocenters. The highest BCUT2D eigenvalue weighted by Crippen LogP contribution is 2.59. The average molecular weight is 325 g/mol. The van der Waals surface area contributed by atoms with Gasteiger partial charge in [-0.2, -0.15) is 11.8 Å². The number of hydrogen-bond acceptors (Lipinski definition) is 3. The second kappa shape index (κ2) is 7.15. The van der Waals surface area contributed by atoms with Crippen LogP contribution < -0.4 is 0 Å². The van der Waals surface area contributed by atoms with Crippen LogP contribution in [-0.2, 0) is 9.53 Å². The molecule has 22 heavy (non-hydrogen) atoms. The zero-order valence-electron chi connectivity index (χ0n) is 14.3. The third-order valence-corrected chi connectivity index (χ3v) is 7.47. The van der Waals surface area contributed by atoms with Crippen molar-refractivity contribution in [3.8, 4) is 0 Å². The largest absolute Gasteiger partial charge is 0.458 e. The van der Waals surface area contributed by atoms with Crippen LogP contribution >= 0.6 is 11.8 Å². The highest BCUT2D eigenvalue weighted by atomic mass is 32.2. The second-order valence-corrected chi connectivity index (χ2v) is 9.18. The Balaban J connectivity index is 1.43. The van der Waals surface area contributed by atoms with Crippen molar-refractivity contribution in [1.82, 2.24) is 0 Å². The Kier molecular flexibility index (Phi) is 5.42. The maximum Gasteiger partial charge on any atom is 0.316 e. The molecule has 0 radical (unpaired) electrons. The quantitative estimate of drug-likeness (QED) is 0.461. The maximum absolute atomic E-state index is 12.3. The molecule has 4 rings (SSSR count). The van der Waals surface area contributed by atoms with E-state index in [4.69, 9.17) is 4.74 Å². The summed E-state index contributed by atoms with van der Waals surface area (Å²) in [7, 11) is 0. The molecule has 0 N–H and O–H groups in total. The van der Waals surface area contributed by atoms with Gasteiger partial charge in [-0.15, -0.1) is 0 Å². The lowest BCUT2D eigenvalue weighted by Crippen LogP contribution is -2.58. The van der Waals surface area contributed by atoms with Crippen molar-refractivity contribution in [3.63, 3.8) is 0 Å². The monoisotopic (exact) mass is 324 g/mol. The van der Waals surface area contributed by atoms with Gasteiger partial charge in [0.1, 0.15) is 5.60 Å². The average Bonchev–Trinajstić information content (AvgIpc) is 2.48. The molecule has 126 valence electrons. The van der Waals surface area contributed by atoms with Crippen LogP contribution in [0.1, 0.15) is 71.6 Å². The summed E-state index contributed by atoms with van der Waals surface area (Å²) in [5, 5.41) is 0. The molecule has 0 saturated heterocycles. The Hall–Kier alpha value is -0.180. The summed E-state index contributed by atoms with van der Waals surface area (Å²) in [5.74, 6) is 4.83. The molecule has 4 bridgehead atoms. The first-order valence-corrected chi connectivity index (χ1v) is 10.6. The highest BCUT2D eigenvalue weighted by molar-refractivity contribution is 7.99. The molecule has 4 fully saturated rings. The van der Waals surface area contributed by atoms with Gasteiger partial charge in [0.25, 0.3) is 0 Å². The molecule has 0 aromatic carbocycles. The summed E-state index contributed by atoms with van der Waals surface area (Å²) >= 11 is 1.76. The third kappa shape index (κ3) is 3.49. The number of thioether (sulfide) groups is 1.